The highest BCUT2D eigenvalue weighted by atomic mass is 16.3. The Morgan fingerprint density at radius 2 is 2.50 bits per heavy atom. The highest BCUT2D eigenvalue weighted by molar-refractivity contribution is 5.41. The first-order valence-corrected chi connectivity index (χ1v) is 3.63. The molecule has 0 aromatic carbocycles. The lowest BCUT2D eigenvalue weighted by Gasteiger charge is -1.82. The molecular weight excluding hydrogens is 124 g/mol. The van der Waals surface area contributed by atoms with Gasteiger partial charge in [-0.3, -0.25) is 0 Å². The molecule has 10 heavy (non-hydrogen) atoms. The third-order valence-corrected chi connectivity index (χ3v) is 1.28. The van der Waals surface area contributed by atoms with Gasteiger partial charge in [-0.2, -0.15) is 0 Å². The number of unbranched alkanes of at least 4 members (excludes halogenated alkanes) is 1. The van der Waals surface area contributed by atoms with Crippen LogP contribution in [0.15, 0.2) is 28.9 Å². The van der Waals surface area contributed by atoms with Crippen molar-refractivity contribution >= 4 is 6.08 Å². The van der Waals surface area contributed by atoms with E-state index in [1.165, 1.54) is 6.42 Å². The second-order valence-corrected chi connectivity index (χ2v) is 2.21. The summed E-state index contributed by atoms with van der Waals surface area (Å²) in [4.78, 5) is 0. The molecule has 0 N–H and O–H groups in total. The summed E-state index contributed by atoms with van der Waals surface area (Å²) in [5.41, 5.74) is 0. The fourth-order valence-corrected chi connectivity index (χ4v) is 0.752. The van der Waals surface area contributed by atoms with Crippen LogP contribution in [0.2, 0.25) is 0 Å². The molecular formula is C9H12O. The predicted molar refractivity (Wildman–Crippen MR) is 42.7 cm³/mol. The minimum absolute atomic E-state index is 0.938. The molecule has 0 fully saturated rings. The summed E-state index contributed by atoms with van der Waals surface area (Å²) in [6.07, 6.45) is 8.13. The Bertz CT molecular complexity index is 185. The molecule has 1 nitrogen and oxygen atoms in total. The maximum atomic E-state index is 5.09. The van der Waals surface area contributed by atoms with E-state index in [1.54, 1.807) is 6.26 Å². The number of hydrogen-bond donors (Lipinski definition) is 0. The minimum atomic E-state index is 0.938. The van der Waals surface area contributed by atoms with E-state index in [1.807, 2.05) is 18.2 Å². The van der Waals surface area contributed by atoms with Gasteiger partial charge in [-0.15, -0.1) is 0 Å². The van der Waals surface area contributed by atoms with Gasteiger partial charge in [0, 0.05) is 0 Å². The molecule has 0 radical (unpaired) electrons. The maximum absolute atomic E-state index is 5.09. The van der Waals surface area contributed by atoms with Gasteiger partial charge in [0.2, 0.25) is 0 Å². The zero-order chi connectivity index (χ0) is 7.23. The molecule has 0 unspecified atom stereocenters. The first kappa shape index (κ1) is 7.13. The average molecular weight is 136 g/mol. The molecule has 0 amide bonds. The highest BCUT2D eigenvalue weighted by Gasteiger charge is 1.84. The maximum Gasteiger partial charge on any atom is 0.126 e. The van der Waals surface area contributed by atoms with Gasteiger partial charge in [0.05, 0.1) is 6.26 Å². The van der Waals surface area contributed by atoms with Crippen LogP contribution in [0.5, 0.6) is 0 Å². The van der Waals surface area contributed by atoms with E-state index < -0.39 is 0 Å². The van der Waals surface area contributed by atoms with Crippen LogP contribution >= 0.6 is 0 Å². The molecule has 1 heterocycles. The van der Waals surface area contributed by atoms with Crippen molar-refractivity contribution in [2.45, 2.75) is 19.8 Å². The third kappa shape index (κ3) is 2.09. The lowest BCUT2D eigenvalue weighted by atomic mass is 10.3. The third-order valence-electron chi connectivity index (χ3n) is 1.28. The standard InChI is InChI=1S/C9H12O/c1-2-3-4-6-9-7-5-8-10-9/h4-8H,2-3H2,1H3/b6-4-. The Morgan fingerprint density at radius 3 is 3.10 bits per heavy atom. The van der Waals surface area contributed by atoms with Crippen LogP contribution in [0, 0.1) is 0 Å². The molecule has 0 bridgehead atoms. The lowest BCUT2D eigenvalue weighted by Crippen LogP contribution is -1.61. The van der Waals surface area contributed by atoms with Crippen molar-refractivity contribution in [3.8, 4) is 0 Å². The van der Waals surface area contributed by atoms with Gasteiger partial charge in [0.25, 0.3) is 0 Å². The van der Waals surface area contributed by atoms with Crippen LogP contribution in [0.4, 0.5) is 0 Å². The number of furan rings is 1. The molecule has 1 rings (SSSR count). The van der Waals surface area contributed by atoms with E-state index >= 15 is 0 Å². The summed E-state index contributed by atoms with van der Waals surface area (Å²) in [6.45, 7) is 2.16. The Morgan fingerprint density at radius 1 is 1.60 bits per heavy atom. The van der Waals surface area contributed by atoms with Crippen molar-refractivity contribution in [3.63, 3.8) is 0 Å². The molecule has 1 heteroatoms. The normalized spacial score (nSPS) is 10.9. The van der Waals surface area contributed by atoms with Crippen molar-refractivity contribution in [2.24, 2.45) is 0 Å². The van der Waals surface area contributed by atoms with Crippen LogP contribution in [-0.4, -0.2) is 0 Å². The fraction of sp³-hybridized carbons (Fsp3) is 0.333. The largest absolute Gasteiger partial charge is 0.465 e. The quantitative estimate of drug-likeness (QED) is 0.622. The summed E-state index contributed by atoms with van der Waals surface area (Å²) in [6, 6.07) is 3.85. The van der Waals surface area contributed by atoms with Crippen LogP contribution in [0.25, 0.3) is 6.08 Å². The predicted octanol–water partition coefficient (Wildman–Crippen LogP) is 3.09. The summed E-state index contributed by atoms with van der Waals surface area (Å²) >= 11 is 0. The topological polar surface area (TPSA) is 13.1 Å². The summed E-state index contributed by atoms with van der Waals surface area (Å²) < 4.78 is 5.09. The van der Waals surface area contributed by atoms with Gasteiger partial charge in [0.15, 0.2) is 0 Å². The van der Waals surface area contributed by atoms with Gasteiger partial charge in [-0.25, -0.2) is 0 Å². The van der Waals surface area contributed by atoms with E-state index in [0.29, 0.717) is 0 Å². The SMILES string of the molecule is CCC/C=C\c1ccco1. The van der Waals surface area contributed by atoms with E-state index in [0.717, 1.165) is 12.2 Å². The molecule has 0 atom stereocenters. The minimum Gasteiger partial charge on any atom is -0.465 e. The summed E-state index contributed by atoms with van der Waals surface area (Å²) in [5, 5.41) is 0. The van der Waals surface area contributed by atoms with Crippen molar-refractivity contribution in [1.29, 1.82) is 0 Å². The van der Waals surface area contributed by atoms with Gasteiger partial charge in [0.1, 0.15) is 5.76 Å². The Balaban J connectivity index is 2.40. The molecule has 0 aliphatic rings. The highest BCUT2D eigenvalue weighted by Crippen LogP contribution is 2.03. The Hall–Kier alpha value is -0.980. The van der Waals surface area contributed by atoms with Gasteiger partial charge in [-0.1, -0.05) is 19.4 Å². The first-order chi connectivity index (χ1) is 4.93. The average Bonchev–Trinajstić information content (AvgIpc) is 2.41. The van der Waals surface area contributed by atoms with Crippen LogP contribution in [0.1, 0.15) is 25.5 Å². The van der Waals surface area contributed by atoms with E-state index in [-0.39, 0.29) is 0 Å². The van der Waals surface area contributed by atoms with E-state index in [2.05, 4.69) is 13.0 Å². The monoisotopic (exact) mass is 136 g/mol. The zero-order valence-corrected chi connectivity index (χ0v) is 6.21. The van der Waals surface area contributed by atoms with Crippen molar-refractivity contribution in [1.82, 2.24) is 0 Å². The summed E-state index contributed by atoms with van der Waals surface area (Å²) in [5.74, 6) is 0.938. The van der Waals surface area contributed by atoms with Crippen molar-refractivity contribution in [3.05, 3.63) is 30.2 Å². The van der Waals surface area contributed by atoms with Gasteiger partial charge in [-0.05, 0) is 24.6 Å². The van der Waals surface area contributed by atoms with E-state index in [4.69, 9.17) is 4.42 Å². The molecule has 0 aliphatic carbocycles. The van der Waals surface area contributed by atoms with Gasteiger partial charge < -0.3 is 4.42 Å². The Kier molecular flexibility index (Phi) is 2.81. The Labute approximate surface area is 61.4 Å². The smallest absolute Gasteiger partial charge is 0.126 e. The number of allylic oxidation sites excluding steroid dienone is 1. The van der Waals surface area contributed by atoms with Crippen molar-refractivity contribution in [2.75, 3.05) is 0 Å². The number of rotatable bonds is 3. The van der Waals surface area contributed by atoms with Crippen molar-refractivity contribution < 1.29 is 4.42 Å². The van der Waals surface area contributed by atoms with E-state index in [9.17, 15) is 0 Å². The zero-order valence-electron chi connectivity index (χ0n) is 6.21. The summed E-state index contributed by atoms with van der Waals surface area (Å²) in [7, 11) is 0. The second-order valence-electron chi connectivity index (χ2n) is 2.21. The molecule has 0 saturated carbocycles. The molecule has 1 aromatic heterocycles. The molecule has 0 saturated heterocycles. The second kappa shape index (κ2) is 3.94. The molecule has 54 valence electrons. The molecule has 0 aliphatic heterocycles. The van der Waals surface area contributed by atoms with Crippen LogP contribution in [-0.2, 0) is 0 Å². The van der Waals surface area contributed by atoms with Crippen LogP contribution < -0.4 is 0 Å². The number of hydrogen-bond acceptors (Lipinski definition) is 1. The molecule has 1 aromatic rings. The fourth-order valence-electron chi connectivity index (χ4n) is 0.752. The van der Waals surface area contributed by atoms with Gasteiger partial charge >= 0.3 is 0 Å². The van der Waals surface area contributed by atoms with Crippen LogP contribution in [0.3, 0.4) is 0 Å². The lowest BCUT2D eigenvalue weighted by molar-refractivity contribution is 0.557. The first-order valence-electron chi connectivity index (χ1n) is 3.63. The molecule has 0 spiro atoms.